The number of carbonyl (C=O) groups excluding carboxylic acids is 1. The van der Waals surface area contributed by atoms with Crippen LogP contribution in [-0.2, 0) is 14.3 Å². The van der Waals surface area contributed by atoms with Crippen LogP contribution < -0.4 is 0 Å². The Morgan fingerprint density at radius 2 is 2.00 bits per heavy atom. The average molecular weight is 334 g/mol. The fourth-order valence-corrected chi connectivity index (χ4v) is 8.25. The lowest BCUT2D eigenvalue weighted by molar-refractivity contribution is -0.219. The summed E-state index contributed by atoms with van der Waals surface area (Å²) in [6, 6.07) is 0. The van der Waals surface area contributed by atoms with Gasteiger partial charge in [0.2, 0.25) is 6.29 Å². The summed E-state index contributed by atoms with van der Waals surface area (Å²) < 4.78 is 11.7. The van der Waals surface area contributed by atoms with Gasteiger partial charge in [0.1, 0.15) is 0 Å². The van der Waals surface area contributed by atoms with Crippen LogP contribution in [0.5, 0.6) is 0 Å². The van der Waals surface area contributed by atoms with Crippen LogP contribution in [0.15, 0.2) is 0 Å². The molecular weight excluding hydrogens is 308 g/mol. The first-order chi connectivity index (χ1) is 11.4. The van der Waals surface area contributed by atoms with E-state index in [1.165, 1.54) is 0 Å². The van der Waals surface area contributed by atoms with Gasteiger partial charge in [-0.15, -0.1) is 0 Å². The van der Waals surface area contributed by atoms with Crippen LogP contribution in [-0.4, -0.2) is 40.3 Å². The molecule has 4 saturated carbocycles. The van der Waals surface area contributed by atoms with Gasteiger partial charge in [0.05, 0.1) is 12.2 Å². The summed E-state index contributed by atoms with van der Waals surface area (Å²) in [5.74, 6) is 1.31. The molecule has 2 saturated heterocycles. The van der Waals surface area contributed by atoms with Gasteiger partial charge in [0.25, 0.3) is 0 Å². The number of hydrogen-bond acceptors (Lipinski definition) is 5. The zero-order valence-electron chi connectivity index (χ0n) is 14.1. The lowest BCUT2D eigenvalue weighted by atomic mass is 9.56. The maximum absolute atomic E-state index is 12.2. The molecule has 0 unspecified atom stereocenters. The Labute approximate surface area is 141 Å². The van der Waals surface area contributed by atoms with Crippen molar-refractivity contribution in [3.05, 3.63) is 0 Å². The fourth-order valence-electron chi connectivity index (χ4n) is 8.25. The predicted octanol–water partition coefficient (Wildman–Crippen LogP) is 1.60. The standard InChI is InChI=1S/C19H26O5/c1-17-5-4-11-9(10(17)2-3-13(17)20)6-14-19(11)8-18(22)7-12(19)15(23-14)24-16(18)21/h9-15,20,22H,2-8H2,1H3/t9-,10-,11-,12+,13-,14+,15-,17-,18-,19-/m0/s1. The number of ether oxygens (including phenoxy) is 2. The summed E-state index contributed by atoms with van der Waals surface area (Å²) in [6.45, 7) is 2.27. The molecular formula is C19H26O5. The van der Waals surface area contributed by atoms with Crippen molar-refractivity contribution in [2.24, 2.45) is 34.5 Å². The Kier molecular flexibility index (Phi) is 2.43. The van der Waals surface area contributed by atoms with Gasteiger partial charge in [0, 0.05) is 11.3 Å². The van der Waals surface area contributed by atoms with Crippen molar-refractivity contribution >= 4 is 5.97 Å². The predicted molar refractivity (Wildman–Crippen MR) is 82.5 cm³/mol. The molecule has 0 amide bonds. The van der Waals surface area contributed by atoms with Gasteiger partial charge < -0.3 is 19.7 Å². The summed E-state index contributed by atoms with van der Waals surface area (Å²) in [4.78, 5) is 12.2. The molecule has 132 valence electrons. The minimum atomic E-state index is -1.28. The van der Waals surface area contributed by atoms with E-state index in [1.54, 1.807) is 0 Å². The van der Waals surface area contributed by atoms with Gasteiger partial charge in [-0.25, -0.2) is 4.79 Å². The molecule has 24 heavy (non-hydrogen) atoms. The van der Waals surface area contributed by atoms with Gasteiger partial charge in [-0.3, -0.25) is 0 Å². The van der Waals surface area contributed by atoms with E-state index < -0.39 is 17.9 Å². The van der Waals surface area contributed by atoms with Gasteiger partial charge in [-0.05, 0) is 68.1 Å². The van der Waals surface area contributed by atoms with Crippen molar-refractivity contribution in [2.75, 3.05) is 0 Å². The molecule has 2 N–H and O–H groups in total. The molecule has 5 nitrogen and oxygen atoms in total. The molecule has 0 radical (unpaired) electrons. The van der Waals surface area contributed by atoms with Crippen LogP contribution in [0.4, 0.5) is 0 Å². The molecule has 0 aromatic heterocycles. The van der Waals surface area contributed by atoms with Crippen molar-refractivity contribution in [1.82, 2.24) is 0 Å². The number of rotatable bonds is 0. The van der Waals surface area contributed by atoms with Crippen LogP contribution in [0.1, 0.15) is 51.9 Å². The Morgan fingerprint density at radius 1 is 1.17 bits per heavy atom. The van der Waals surface area contributed by atoms with Crippen LogP contribution in [0.25, 0.3) is 0 Å². The first-order valence-corrected chi connectivity index (χ1v) is 9.65. The molecule has 2 aliphatic heterocycles. The number of hydrogen-bond donors (Lipinski definition) is 2. The molecule has 10 atom stereocenters. The van der Waals surface area contributed by atoms with Crippen LogP contribution in [0.2, 0.25) is 0 Å². The molecule has 2 heterocycles. The second kappa shape index (κ2) is 4.02. The number of carbonyl (C=O) groups is 1. The lowest BCUT2D eigenvalue weighted by Gasteiger charge is -2.49. The van der Waals surface area contributed by atoms with Gasteiger partial charge in [-0.1, -0.05) is 6.92 Å². The van der Waals surface area contributed by atoms with Crippen LogP contribution >= 0.6 is 0 Å². The minimum Gasteiger partial charge on any atom is -0.433 e. The third kappa shape index (κ3) is 1.34. The summed E-state index contributed by atoms with van der Waals surface area (Å²) in [5, 5.41) is 21.4. The van der Waals surface area contributed by atoms with E-state index in [1.807, 2.05) is 0 Å². The van der Waals surface area contributed by atoms with Crippen molar-refractivity contribution < 1.29 is 24.5 Å². The molecule has 6 fully saturated rings. The van der Waals surface area contributed by atoms with E-state index in [4.69, 9.17) is 9.47 Å². The zero-order valence-corrected chi connectivity index (χ0v) is 14.1. The summed E-state index contributed by atoms with van der Waals surface area (Å²) in [6.07, 6.45) is 5.72. The lowest BCUT2D eigenvalue weighted by Crippen LogP contribution is -2.46. The second-order valence-electron chi connectivity index (χ2n) is 9.78. The first kappa shape index (κ1) is 14.5. The third-order valence-corrected chi connectivity index (χ3v) is 9.24. The maximum Gasteiger partial charge on any atom is 0.340 e. The van der Waals surface area contributed by atoms with E-state index in [-0.39, 0.29) is 29.0 Å². The first-order valence-electron chi connectivity index (χ1n) is 9.65. The van der Waals surface area contributed by atoms with Crippen molar-refractivity contribution in [3.63, 3.8) is 0 Å². The second-order valence-corrected chi connectivity index (χ2v) is 9.78. The molecule has 4 aliphatic carbocycles. The number of esters is 1. The normalized spacial score (nSPS) is 66.1. The largest absolute Gasteiger partial charge is 0.433 e. The summed E-state index contributed by atoms with van der Waals surface area (Å²) >= 11 is 0. The Hall–Kier alpha value is -0.650. The quantitative estimate of drug-likeness (QED) is 0.658. The SMILES string of the molecule is C[C@]12CC[C@H]3[C@@H](C[C@H]4O[C@H]5OC(=O)[C@]6(O)C[C@H]5[C@@]43C6)[C@@H]1CC[C@@H]2O. The highest BCUT2D eigenvalue weighted by Gasteiger charge is 2.78. The highest BCUT2D eigenvalue weighted by Crippen LogP contribution is 2.74. The van der Waals surface area contributed by atoms with E-state index in [9.17, 15) is 15.0 Å². The zero-order chi connectivity index (χ0) is 16.5. The van der Waals surface area contributed by atoms with Gasteiger partial charge in [0.15, 0.2) is 5.60 Å². The monoisotopic (exact) mass is 334 g/mol. The van der Waals surface area contributed by atoms with Crippen molar-refractivity contribution in [2.45, 2.75) is 76.0 Å². The highest BCUT2D eigenvalue weighted by atomic mass is 16.7. The van der Waals surface area contributed by atoms with Gasteiger partial charge >= 0.3 is 5.97 Å². The van der Waals surface area contributed by atoms with E-state index >= 15 is 0 Å². The third-order valence-electron chi connectivity index (χ3n) is 9.24. The van der Waals surface area contributed by atoms with Crippen LogP contribution in [0, 0.1) is 34.5 Å². The highest BCUT2D eigenvalue weighted by molar-refractivity contribution is 5.81. The van der Waals surface area contributed by atoms with Crippen molar-refractivity contribution in [3.8, 4) is 0 Å². The molecule has 1 spiro atoms. The smallest absolute Gasteiger partial charge is 0.340 e. The minimum absolute atomic E-state index is 0.0484. The van der Waals surface area contributed by atoms with Gasteiger partial charge in [-0.2, -0.15) is 0 Å². The number of aliphatic hydroxyl groups is 2. The summed E-state index contributed by atoms with van der Waals surface area (Å²) in [7, 11) is 0. The Morgan fingerprint density at radius 3 is 2.83 bits per heavy atom. The number of fused-ring (bicyclic) bond motifs is 4. The fraction of sp³-hybridized carbons (Fsp3) is 0.947. The van der Waals surface area contributed by atoms with E-state index in [0.717, 1.165) is 32.1 Å². The van der Waals surface area contributed by atoms with E-state index in [0.29, 0.717) is 30.6 Å². The number of aliphatic hydroxyl groups excluding tert-OH is 1. The molecule has 5 heteroatoms. The topological polar surface area (TPSA) is 76.0 Å². The molecule has 0 aromatic carbocycles. The van der Waals surface area contributed by atoms with E-state index in [2.05, 4.69) is 6.92 Å². The van der Waals surface area contributed by atoms with Crippen LogP contribution in [0.3, 0.4) is 0 Å². The molecule has 2 bridgehead atoms. The maximum atomic E-state index is 12.2. The Balaban J connectivity index is 1.42. The molecule has 6 rings (SSSR count). The summed E-state index contributed by atoms with van der Waals surface area (Å²) in [5.41, 5.74) is -1.31. The molecule has 0 aromatic rings. The Bertz CT molecular complexity index is 635. The average Bonchev–Trinajstić information content (AvgIpc) is 3.16. The van der Waals surface area contributed by atoms with Crippen molar-refractivity contribution in [1.29, 1.82) is 0 Å². The molecule has 6 aliphatic rings.